The summed E-state index contributed by atoms with van der Waals surface area (Å²) in [5.74, 6) is 0. The summed E-state index contributed by atoms with van der Waals surface area (Å²) < 4.78 is 5.34. The Labute approximate surface area is 88.3 Å². The van der Waals surface area contributed by atoms with Crippen molar-refractivity contribution in [3.05, 3.63) is 35.4 Å². The smallest absolute Gasteiger partial charge is 0.0840 e. The molecular weight excluding hydrogens is 192 g/mol. The molecule has 0 aliphatic heterocycles. The van der Waals surface area contributed by atoms with Crippen LogP contribution < -0.4 is 0 Å². The van der Waals surface area contributed by atoms with Gasteiger partial charge >= 0.3 is 0 Å². The van der Waals surface area contributed by atoms with E-state index in [-0.39, 0.29) is 0 Å². The van der Waals surface area contributed by atoms with Gasteiger partial charge in [0.05, 0.1) is 12.2 Å². The Bertz CT molecular complexity index is 274. The van der Waals surface area contributed by atoms with Crippen LogP contribution in [0.1, 0.15) is 25.0 Å². The van der Waals surface area contributed by atoms with Crippen LogP contribution >= 0.6 is 0 Å². The van der Waals surface area contributed by atoms with Gasteiger partial charge in [-0.05, 0) is 25.0 Å². The van der Waals surface area contributed by atoms with Crippen molar-refractivity contribution < 1.29 is 9.84 Å². The van der Waals surface area contributed by atoms with E-state index in [0.717, 1.165) is 27.6 Å². The van der Waals surface area contributed by atoms with Gasteiger partial charge in [-0.25, -0.2) is 0 Å². The molecule has 3 heteroatoms. The number of ether oxygens (including phenoxy) is 1. The maximum absolute atomic E-state index is 9.73. The molecule has 14 heavy (non-hydrogen) atoms. The van der Waals surface area contributed by atoms with Crippen molar-refractivity contribution in [3.63, 3.8) is 0 Å². The quantitative estimate of drug-likeness (QED) is 0.743. The Morgan fingerprint density at radius 1 is 1.29 bits per heavy atom. The number of hydrogen-bond donors (Lipinski definition) is 1. The van der Waals surface area contributed by atoms with Gasteiger partial charge in [0, 0.05) is 16.5 Å². The zero-order chi connectivity index (χ0) is 10.6. The zero-order valence-corrected chi connectivity index (χ0v) is 11.1. The van der Waals surface area contributed by atoms with E-state index in [1.807, 2.05) is 24.3 Å². The highest BCUT2D eigenvalue weighted by Crippen LogP contribution is 2.19. The van der Waals surface area contributed by atoms with E-state index in [4.69, 9.17) is 4.74 Å². The molecule has 0 bridgehead atoms. The second-order valence-electron chi connectivity index (χ2n) is 3.89. The predicted octanol–water partition coefficient (Wildman–Crippen LogP) is 0.753. The minimum Gasteiger partial charge on any atom is -0.386 e. The van der Waals surface area contributed by atoms with Crippen LogP contribution in [0.2, 0.25) is 0 Å². The molecule has 0 radical (unpaired) electrons. The molecule has 0 saturated heterocycles. The van der Waals surface area contributed by atoms with Crippen LogP contribution in [-0.2, 0) is 16.9 Å². The highest BCUT2D eigenvalue weighted by Gasteiger charge is 2.14. The van der Waals surface area contributed by atoms with E-state index in [9.17, 15) is 5.11 Å². The number of benzene rings is 1. The molecule has 1 rings (SSSR count). The molecule has 1 aromatic carbocycles. The number of hydrogen-bond acceptors (Lipinski definition) is 2. The minimum atomic E-state index is -0.753. The molecular formula is C11H18O2Si. The minimum absolute atomic E-state index is 0.676. The van der Waals surface area contributed by atoms with Gasteiger partial charge in [0.25, 0.3) is 0 Å². The molecule has 0 unspecified atom stereocenters. The predicted molar refractivity (Wildman–Crippen MR) is 61.3 cm³/mol. The third-order valence-electron chi connectivity index (χ3n) is 2.13. The standard InChI is InChI=1S/C11H18O2Si/c1-11(2,12)10-5-3-9(4-6-10)7-13-8-14/h3-6,12H,7-8H2,1-2,14H3. The molecule has 2 nitrogen and oxygen atoms in total. The van der Waals surface area contributed by atoms with Gasteiger partial charge in [-0.2, -0.15) is 0 Å². The highest BCUT2D eigenvalue weighted by molar-refractivity contribution is 6.08. The maximum Gasteiger partial charge on any atom is 0.0840 e. The van der Waals surface area contributed by atoms with Crippen LogP contribution in [-0.4, -0.2) is 21.6 Å². The average molecular weight is 210 g/mol. The van der Waals surface area contributed by atoms with Crippen LogP contribution in [0.4, 0.5) is 0 Å². The molecule has 0 aliphatic rings. The van der Waals surface area contributed by atoms with Crippen molar-refractivity contribution in [2.45, 2.75) is 26.1 Å². The first kappa shape index (κ1) is 11.4. The third-order valence-corrected chi connectivity index (χ3v) is 2.54. The lowest BCUT2D eigenvalue weighted by Crippen LogP contribution is -2.15. The van der Waals surface area contributed by atoms with Crippen LogP contribution in [0.5, 0.6) is 0 Å². The van der Waals surface area contributed by atoms with Crippen molar-refractivity contribution in [3.8, 4) is 0 Å². The van der Waals surface area contributed by atoms with E-state index in [1.165, 1.54) is 0 Å². The van der Waals surface area contributed by atoms with Gasteiger partial charge in [0.15, 0.2) is 0 Å². The molecule has 1 aromatic rings. The lowest BCUT2D eigenvalue weighted by molar-refractivity contribution is 0.0785. The molecule has 0 aliphatic carbocycles. The Morgan fingerprint density at radius 2 is 1.86 bits per heavy atom. The van der Waals surface area contributed by atoms with E-state index in [0.29, 0.717) is 6.61 Å². The summed E-state index contributed by atoms with van der Waals surface area (Å²) in [6, 6.07) is 7.91. The molecule has 78 valence electrons. The first-order valence-corrected chi connectivity index (χ1v) is 6.35. The lowest BCUT2D eigenvalue weighted by Gasteiger charge is -2.17. The summed E-state index contributed by atoms with van der Waals surface area (Å²) >= 11 is 0. The zero-order valence-electron chi connectivity index (χ0n) is 9.08. The summed E-state index contributed by atoms with van der Waals surface area (Å²) in [5.41, 5.74) is 1.35. The van der Waals surface area contributed by atoms with Crippen LogP contribution in [0, 0.1) is 0 Å². The average Bonchev–Trinajstić information content (AvgIpc) is 2.14. The van der Waals surface area contributed by atoms with E-state index < -0.39 is 5.60 Å². The molecule has 0 spiro atoms. The first-order valence-electron chi connectivity index (χ1n) is 4.93. The molecule has 0 atom stereocenters. The molecule has 0 heterocycles. The summed E-state index contributed by atoms with van der Waals surface area (Å²) in [6.07, 6.45) is 0.868. The normalized spacial score (nSPS) is 11.9. The SMILES string of the molecule is CC(C)(O)c1ccc(COC[SiH3])cc1. The molecule has 0 amide bonds. The van der Waals surface area contributed by atoms with Gasteiger partial charge in [-0.3, -0.25) is 0 Å². The molecule has 0 fully saturated rings. The van der Waals surface area contributed by atoms with Crippen LogP contribution in [0.15, 0.2) is 24.3 Å². The Morgan fingerprint density at radius 3 is 2.29 bits per heavy atom. The summed E-state index contributed by atoms with van der Waals surface area (Å²) in [7, 11) is 1.08. The van der Waals surface area contributed by atoms with Crippen molar-refractivity contribution >= 4 is 10.2 Å². The second-order valence-corrected chi connectivity index (χ2v) is 4.47. The molecule has 1 N–H and O–H groups in total. The fourth-order valence-corrected chi connectivity index (χ4v) is 1.43. The van der Waals surface area contributed by atoms with Gasteiger partial charge < -0.3 is 9.84 Å². The summed E-state index contributed by atoms with van der Waals surface area (Å²) in [6.45, 7) is 4.25. The van der Waals surface area contributed by atoms with Crippen molar-refractivity contribution in [2.75, 3.05) is 6.23 Å². The fraction of sp³-hybridized carbons (Fsp3) is 0.455. The number of aliphatic hydroxyl groups is 1. The van der Waals surface area contributed by atoms with E-state index in [1.54, 1.807) is 13.8 Å². The van der Waals surface area contributed by atoms with Crippen molar-refractivity contribution in [2.24, 2.45) is 0 Å². The van der Waals surface area contributed by atoms with Crippen molar-refractivity contribution in [1.29, 1.82) is 0 Å². The lowest BCUT2D eigenvalue weighted by atomic mass is 9.97. The van der Waals surface area contributed by atoms with Gasteiger partial charge in [-0.15, -0.1) is 0 Å². The van der Waals surface area contributed by atoms with Gasteiger partial charge in [0.2, 0.25) is 0 Å². The topological polar surface area (TPSA) is 29.5 Å². The first-order chi connectivity index (χ1) is 6.54. The summed E-state index contributed by atoms with van der Waals surface area (Å²) in [4.78, 5) is 0. The van der Waals surface area contributed by atoms with Gasteiger partial charge in [-0.1, -0.05) is 24.3 Å². The maximum atomic E-state index is 9.73. The van der Waals surface area contributed by atoms with Crippen LogP contribution in [0.25, 0.3) is 0 Å². The molecule has 0 saturated carbocycles. The summed E-state index contributed by atoms with van der Waals surface area (Å²) in [5, 5.41) is 9.73. The van der Waals surface area contributed by atoms with E-state index >= 15 is 0 Å². The Hall–Kier alpha value is -0.643. The largest absolute Gasteiger partial charge is 0.386 e. The number of rotatable bonds is 4. The van der Waals surface area contributed by atoms with Crippen molar-refractivity contribution in [1.82, 2.24) is 0 Å². The third kappa shape index (κ3) is 3.25. The Balaban J connectivity index is 2.69. The molecule has 0 aromatic heterocycles. The van der Waals surface area contributed by atoms with E-state index in [2.05, 4.69) is 0 Å². The second kappa shape index (κ2) is 4.73. The van der Waals surface area contributed by atoms with Gasteiger partial charge in [0.1, 0.15) is 0 Å². The fourth-order valence-electron chi connectivity index (χ4n) is 1.23. The Kier molecular flexibility index (Phi) is 3.86. The highest BCUT2D eigenvalue weighted by atomic mass is 28.1. The monoisotopic (exact) mass is 210 g/mol. The van der Waals surface area contributed by atoms with Crippen LogP contribution in [0.3, 0.4) is 0 Å².